The fourth-order valence-corrected chi connectivity index (χ4v) is 3.21. The number of anilines is 1. The number of nitrogens with zero attached hydrogens (tertiary/aromatic N) is 1. The van der Waals surface area contributed by atoms with E-state index in [1.807, 2.05) is 29.6 Å². The zero-order valence-electron chi connectivity index (χ0n) is 13.0. The number of carbonyl (C=O) groups is 1. The van der Waals surface area contributed by atoms with Gasteiger partial charge in [-0.2, -0.15) is 0 Å². The van der Waals surface area contributed by atoms with Gasteiger partial charge in [0.1, 0.15) is 5.82 Å². The summed E-state index contributed by atoms with van der Waals surface area (Å²) in [6.07, 6.45) is 5.50. The summed E-state index contributed by atoms with van der Waals surface area (Å²) >= 11 is 1.67. The van der Waals surface area contributed by atoms with Gasteiger partial charge in [-0.25, -0.2) is 4.39 Å². The van der Waals surface area contributed by atoms with Crippen LogP contribution in [-0.2, 0) is 4.79 Å². The second-order valence-corrected chi connectivity index (χ2v) is 6.19. The van der Waals surface area contributed by atoms with Crippen molar-refractivity contribution in [3.8, 4) is 10.4 Å². The van der Waals surface area contributed by atoms with Crippen LogP contribution in [0.4, 0.5) is 10.1 Å². The van der Waals surface area contributed by atoms with E-state index in [1.165, 1.54) is 34.9 Å². The summed E-state index contributed by atoms with van der Waals surface area (Å²) in [7, 11) is 0. The van der Waals surface area contributed by atoms with Gasteiger partial charge in [-0.1, -0.05) is 12.1 Å². The normalized spacial score (nSPS) is 10.9. The maximum absolute atomic E-state index is 13.1. The average molecular weight is 338 g/mol. The Bertz CT molecular complexity index is 902. The number of pyridine rings is 1. The van der Waals surface area contributed by atoms with Gasteiger partial charge in [0.2, 0.25) is 5.91 Å². The first-order chi connectivity index (χ1) is 11.6. The van der Waals surface area contributed by atoms with Crippen molar-refractivity contribution in [1.82, 2.24) is 4.98 Å². The first-order valence-electron chi connectivity index (χ1n) is 7.36. The van der Waals surface area contributed by atoms with Gasteiger partial charge in [0, 0.05) is 22.8 Å². The Labute approximate surface area is 143 Å². The summed E-state index contributed by atoms with van der Waals surface area (Å²) in [6.45, 7) is 2.06. The predicted molar refractivity (Wildman–Crippen MR) is 96.4 cm³/mol. The van der Waals surface area contributed by atoms with Crippen LogP contribution in [-0.4, -0.2) is 10.9 Å². The molecule has 0 aliphatic carbocycles. The predicted octanol–water partition coefficient (Wildman–Crippen LogP) is 4.91. The monoisotopic (exact) mass is 338 g/mol. The van der Waals surface area contributed by atoms with Gasteiger partial charge in [-0.3, -0.25) is 9.78 Å². The fourth-order valence-electron chi connectivity index (χ4n) is 2.28. The molecule has 0 bridgehead atoms. The lowest BCUT2D eigenvalue weighted by atomic mass is 10.1. The molecule has 1 amide bonds. The van der Waals surface area contributed by atoms with Crippen LogP contribution in [0.5, 0.6) is 0 Å². The molecule has 0 radical (unpaired) electrons. The maximum Gasteiger partial charge on any atom is 0.248 e. The van der Waals surface area contributed by atoms with E-state index in [0.717, 1.165) is 11.8 Å². The van der Waals surface area contributed by atoms with Crippen LogP contribution in [0.1, 0.15) is 11.1 Å². The number of thiophene rings is 1. The summed E-state index contributed by atoms with van der Waals surface area (Å²) in [5, 5.41) is 4.86. The topological polar surface area (TPSA) is 42.0 Å². The largest absolute Gasteiger partial charge is 0.322 e. The highest BCUT2D eigenvalue weighted by molar-refractivity contribution is 7.13. The molecule has 0 aliphatic heterocycles. The zero-order valence-corrected chi connectivity index (χ0v) is 13.8. The van der Waals surface area contributed by atoms with Gasteiger partial charge in [0.15, 0.2) is 0 Å². The van der Waals surface area contributed by atoms with Crippen LogP contribution in [0.2, 0.25) is 0 Å². The minimum Gasteiger partial charge on any atom is -0.322 e. The number of aromatic nitrogens is 1. The zero-order chi connectivity index (χ0) is 16.9. The molecule has 0 saturated carbocycles. The van der Waals surface area contributed by atoms with E-state index in [-0.39, 0.29) is 5.91 Å². The Morgan fingerprint density at radius 2 is 2.12 bits per heavy atom. The van der Waals surface area contributed by atoms with E-state index in [0.29, 0.717) is 11.3 Å². The van der Waals surface area contributed by atoms with Crippen molar-refractivity contribution in [3.63, 3.8) is 0 Å². The average Bonchev–Trinajstić information content (AvgIpc) is 2.99. The SMILES string of the molecule is Cc1ccsc1-c1cccc(NC(=O)/C=C/c2cncc(F)c2)c1. The van der Waals surface area contributed by atoms with Crippen LogP contribution in [0.3, 0.4) is 0 Å². The molecule has 0 spiro atoms. The molecule has 3 aromatic rings. The number of benzene rings is 1. The Kier molecular flexibility index (Phi) is 4.82. The number of amides is 1. The molecule has 0 unspecified atom stereocenters. The molecule has 5 heteroatoms. The molecule has 0 fully saturated rings. The van der Waals surface area contributed by atoms with Crippen LogP contribution in [0.15, 0.2) is 60.2 Å². The Morgan fingerprint density at radius 1 is 1.25 bits per heavy atom. The van der Waals surface area contributed by atoms with Crippen LogP contribution in [0.25, 0.3) is 16.5 Å². The third-order valence-electron chi connectivity index (χ3n) is 3.41. The van der Waals surface area contributed by atoms with E-state index < -0.39 is 5.82 Å². The van der Waals surface area contributed by atoms with E-state index in [1.54, 1.807) is 11.3 Å². The Balaban J connectivity index is 1.72. The smallest absolute Gasteiger partial charge is 0.248 e. The summed E-state index contributed by atoms with van der Waals surface area (Å²) in [6, 6.07) is 11.1. The highest BCUT2D eigenvalue weighted by atomic mass is 32.1. The van der Waals surface area contributed by atoms with Crippen molar-refractivity contribution in [3.05, 3.63) is 77.2 Å². The molecule has 3 rings (SSSR count). The fraction of sp³-hybridized carbons (Fsp3) is 0.0526. The van der Waals surface area contributed by atoms with Crippen molar-refractivity contribution in [1.29, 1.82) is 0 Å². The number of carbonyl (C=O) groups excluding carboxylic acids is 1. The summed E-state index contributed by atoms with van der Waals surface area (Å²) < 4.78 is 13.1. The molecule has 3 nitrogen and oxygen atoms in total. The second-order valence-electron chi connectivity index (χ2n) is 5.27. The summed E-state index contributed by atoms with van der Waals surface area (Å²) in [4.78, 5) is 17.0. The van der Waals surface area contributed by atoms with Gasteiger partial charge in [-0.05, 0) is 59.3 Å². The Hall–Kier alpha value is -2.79. The molecular weight excluding hydrogens is 323 g/mol. The minimum absolute atomic E-state index is 0.278. The summed E-state index contributed by atoms with van der Waals surface area (Å²) in [5.41, 5.74) is 3.53. The third kappa shape index (κ3) is 3.94. The lowest BCUT2D eigenvalue weighted by Crippen LogP contribution is -2.07. The molecule has 0 aliphatic rings. The van der Waals surface area contributed by atoms with Crippen molar-refractivity contribution in [2.45, 2.75) is 6.92 Å². The highest BCUT2D eigenvalue weighted by Crippen LogP contribution is 2.30. The molecule has 1 N–H and O–H groups in total. The highest BCUT2D eigenvalue weighted by Gasteiger charge is 2.05. The van der Waals surface area contributed by atoms with Crippen molar-refractivity contribution in [2.75, 3.05) is 5.32 Å². The first kappa shape index (κ1) is 16.1. The lowest BCUT2D eigenvalue weighted by molar-refractivity contribution is -0.111. The molecule has 2 heterocycles. The molecule has 2 aromatic heterocycles. The third-order valence-corrected chi connectivity index (χ3v) is 4.47. The standard InChI is InChI=1S/C19H15FN2OS/c1-13-7-8-24-19(13)15-3-2-4-17(10-15)22-18(23)6-5-14-9-16(20)12-21-11-14/h2-12H,1H3,(H,22,23)/b6-5+. The number of aryl methyl sites for hydroxylation is 1. The van der Waals surface area contributed by atoms with E-state index in [9.17, 15) is 9.18 Å². The Morgan fingerprint density at radius 3 is 2.88 bits per heavy atom. The number of nitrogens with one attached hydrogen (secondary N) is 1. The van der Waals surface area contributed by atoms with E-state index >= 15 is 0 Å². The number of halogens is 1. The summed E-state index contributed by atoms with van der Waals surface area (Å²) in [5.74, 6) is -0.712. The number of rotatable bonds is 4. The molecule has 0 saturated heterocycles. The van der Waals surface area contributed by atoms with Gasteiger partial charge in [-0.15, -0.1) is 11.3 Å². The lowest BCUT2D eigenvalue weighted by Gasteiger charge is -2.05. The van der Waals surface area contributed by atoms with Gasteiger partial charge in [0.05, 0.1) is 6.20 Å². The molecular formula is C19H15FN2OS. The van der Waals surface area contributed by atoms with E-state index in [4.69, 9.17) is 0 Å². The van der Waals surface area contributed by atoms with Crippen LogP contribution in [0, 0.1) is 12.7 Å². The van der Waals surface area contributed by atoms with E-state index in [2.05, 4.69) is 23.3 Å². The van der Waals surface area contributed by atoms with Crippen molar-refractivity contribution >= 4 is 29.0 Å². The maximum atomic E-state index is 13.1. The number of hydrogen-bond acceptors (Lipinski definition) is 3. The molecule has 1 aromatic carbocycles. The van der Waals surface area contributed by atoms with Gasteiger partial charge >= 0.3 is 0 Å². The molecule has 0 atom stereocenters. The molecule has 24 heavy (non-hydrogen) atoms. The van der Waals surface area contributed by atoms with Crippen molar-refractivity contribution in [2.24, 2.45) is 0 Å². The van der Waals surface area contributed by atoms with Crippen LogP contribution < -0.4 is 5.32 Å². The minimum atomic E-state index is -0.434. The van der Waals surface area contributed by atoms with Crippen LogP contribution >= 0.6 is 11.3 Å². The van der Waals surface area contributed by atoms with Gasteiger partial charge in [0.25, 0.3) is 0 Å². The van der Waals surface area contributed by atoms with Gasteiger partial charge < -0.3 is 5.32 Å². The quantitative estimate of drug-likeness (QED) is 0.687. The number of hydrogen-bond donors (Lipinski definition) is 1. The first-order valence-corrected chi connectivity index (χ1v) is 8.24. The van der Waals surface area contributed by atoms with Crippen molar-refractivity contribution < 1.29 is 9.18 Å². The second kappa shape index (κ2) is 7.19. The molecule has 120 valence electrons.